The standard InChI is InChI=1S/C14H18N4O/c1-8-17-12-11(9-5-3-2-4-6-9)10(7-15)13(16)19-14(12)18-8/h9,11H,2-6,16H2,1H3,(H,17,18). The molecule has 0 spiro atoms. The number of H-pyrrole nitrogens is 1. The summed E-state index contributed by atoms with van der Waals surface area (Å²) in [4.78, 5) is 7.57. The number of aromatic nitrogens is 2. The largest absolute Gasteiger partial charge is 0.420 e. The Kier molecular flexibility index (Phi) is 2.94. The molecule has 0 bridgehead atoms. The minimum Gasteiger partial charge on any atom is -0.420 e. The smallest absolute Gasteiger partial charge is 0.243 e. The van der Waals surface area contributed by atoms with E-state index in [4.69, 9.17) is 10.5 Å². The van der Waals surface area contributed by atoms with Gasteiger partial charge in [0.2, 0.25) is 11.8 Å². The van der Waals surface area contributed by atoms with E-state index in [1.54, 1.807) is 0 Å². The normalized spacial score (nSPS) is 23.7. The first kappa shape index (κ1) is 12.1. The summed E-state index contributed by atoms with van der Waals surface area (Å²) < 4.78 is 5.47. The van der Waals surface area contributed by atoms with Gasteiger partial charge in [-0.3, -0.25) is 0 Å². The van der Waals surface area contributed by atoms with Crippen molar-refractivity contribution >= 4 is 0 Å². The van der Waals surface area contributed by atoms with Gasteiger partial charge in [-0.25, -0.2) is 0 Å². The molecule has 0 amide bonds. The van der Waals surface area contributed by atoms with Gasteiger partial charge >= 0.3 is 0 Å². The predicted octanol–water partition coefficient (Wildman–Crippen LogP) is 2.47. The zero-order valence-corrected chi connectivity index (χ0v) is 11.1. The molecule has 100 valence electrons. The average molecular weight is 258 g/mol. The number of allylic oxidation sites excluding steroid dienone is 1. The van der Waals surface area contributed by atoms with Crippen LogP contribution in [0.15, 0.2) is 11.5 Å². The molecule has 3 N–H and O–H groups in total. The van der Waals surface area contributed by atoms with Crippen molar-refractivity contribution in [3.8, 4) is 11.9 Å². The highest BCUT2D eigenvalue weighted by Crippen LogP contribution is 2.45. The zero-order valence-electron chi connectivity index (χ0n) is 11.1. The maximum absolute atomic E-state index is 9.39. The van der Waals surface area contributed by atoms with Gasteiger partial charge in [-0.2, -0.15) is 10.2 Å². The van der Waals surface area contributed by atoms with Crippen molar-refractivity contribution < 1.29 is 4.74 Å². The summed E-state index contributed by atoms with van der Waals surface area (Å²) in [5, 5.41) is 9.39. The molecule has 0 saturated heterocycles. The number of aromatic amines is 1. The summed E-state index contributed by atoms with van der Waals surface area (Å²) >= 11 is 0. The molecule has 2 aliphatic rings. The van der Waals surface area contributed by atoms with Crippen molar-refractivity contribution in [3.63, 3.8) is 0 Å². The molecular weight excluding hydrogens is 240 g/mol. The molecule has 2 heterocycles. The molecule has 1 aliphatic heterocycles. The Hall–Kier alpha value is -1.96. The maximum Gasteiger partial charge on any atom is 0.243 e. The van der Waals surface area contributed by atoms with E-state index < -0.39 is 0 Å². The van der Waals surface area contributed by atoms with Crippen LogP contribution in [-0.4, -0.2) is 9.97 Å². The molecule has 1 aromatic rings. The highest BCUT2D eigenvalue weighted by molar-refractivity contribution is 5.45. The van der Waals surface area contributed by atoms with Crippen LogP contribution in [0.2, 0.25) is 0 Å². The van der Waals surface area contributed by atoms with Crippen molar-refractivity contribution in [2.75, 3.05) is 0 Å². The van der Waals surface area contributed by atoms with Crippen LogP contribution >= 0.6 is 0 Å². The lowest BCUT2D eigenvalue weighted by Gasteiger charge is -2.32. The molecule has 1 aromatic heterocycles. The van der Waals surface area contributed by atoms with Crippen LogP contribution in [0.25, 0.3) is 0 Å². The van der Waals surface area contributed by atoms with Gasteiger partial charge in [0.15, 0.2) is 0 Å². The van der Waals surface area contributed by atoms with Crippen LogP contribution in [0.1, 0.15) is 49.5 Å². The lowest BCUT2D eigenvalue weighted by molar-refractivity contribution is 0.294. The number of nitriles is 1. The molecule has 1 saturated carbocycles. The molecule has 5 nitrogen and oxygen atoms in total. The van der Waals surface area contributed by atoms with Crippen LogP contribution in [-0.2, 0) is 0 Å². The molecule has 5 heteroatoms. The first-order valence-corrected chi connectivity index (χ1v) is 6.84. The van der Waals surface area contributed by atoms with Gasteiger partial charge < -0.3 is 15.5 Å². The minimum atomic E-state index is 0.0234. The fourth-order valence-electron chi connectivity index (χ4n) is 3.30. The Labute approximate surface area is 112 Å². The van der Waals surface area contributed by atoms with E-state index in [0.717, 1.165) is 24.4 Å². The van der Waals surface area contributed by atoms with E-state index in [1.165, 1.54) is 19.3 Å². The van der Waals surface area contributed by atoms with Gasteiger partial charge in [-0.05, 0) is 25.7 Å². The second-order valence-electron chi connectivity index (χ2n) is 5.41. The second kappa shape index (κ2) is 4.61. The molecule has 1 unspecified atom stereocenters. The lowest BCUT2D eigenvalue weighted by Crippen LogP contribution is -2.26. The average Bonchev–Trinajstić information content (AvgIpc) is 2.77. The van der Waals surface area contributed by atoms with Gasteiger partial charge in [0.25, 0.3) is 0 Å². The molecular formula is C14H18N4O. The summed E-state index contributed by atoms with van der Waals surface area (Å²) in [6.45, 7) is 1.89. The molecule has 19 heavy (non-hydrogen) atoms. The third-order valence-electron chi connectivity index (χ3n) is 4.15. The quantitative estimate of drug-likeness (QED) is 0.810. The Morgan fingerprint density at radius 1 is 1.37 bits per heavy atom. The van der Waals surface area contributed by atoms with Crippen LogP contribution in [0.3, 0.4) is 0 Å². The van der Waals surface area contributed by atoms with Gasteiger partial charge in [0.05, 0.1) is 11.3 Å². The van der Waals surface area contributed by atoms with Gasteiger partial charge in [-0.15, -0.1) is 0 Å². The number of nitrogens with zero attached hydrogens (tertiary/aromatic N) is 2. The first-order chi connectivity index (χ1) is 9.20. The SMILES string of the molecule is Cc1nc2c([nH]1)C(C1CCCCC1)C(C#N)=C(N)O2. The van der Waals surface area contributed by atoms with E-state index >= 15 is 0 Å². The number of rotatable bonds is 1. The number of hydrogen-bond donors (Lipinski definition) is 2. The first-order valence-electron chi connectivity index (χ1n) is 6.84. The van der Waals surface area contributed by atoms with E-state index in [-0.39, 0.29) is 11.8 Å². The summed E-state index contributed by atoms with van der Waals surface area (Å²) in [6, 6.07) is 2.23. The van der Waals surface area contributed by atoms with Crippen LogP contribution in [0, 0.1) is 24.2 Å². The molecule has 1 atom stereocenters. The Balaban J connectivity index is 2.04. The van der Waals surface area contributed by atoms with E-state index in [1.807, 2.05) is 6.92 Å². The topological polar surface area (TPSA) is 87.7 Å². The third-order valence-corrected chi connectivity index (χ3v) is 4.15. The van der Waals surface area contributed by atoms with Crippen molar-refractivity contribution in [3.05, 3.63) is 23.0 Å². The fourth-order valence-corrected chi connectivity index (χ4v) is 3.30. The predicted molar refractivity (Wildman–Crippen MR) is 70.1 cm³/mol. The monoisotopic (exact) mass is 258 g/mol. The van der Waals surface area contributed by atoms with Crippen molar-refractivity contribution in [2.45, 2.75) is 44.9 Å². The number of nitrogens with two attached hydrogens (primary N) is 1. The molecule has 0 radical (unpaired) electrons. The van der Waals surface area contributed by atoms with Crippen molar-refractivity contribution in [1.29, 1.82) is 5.26 Å². The van der Waals surface area contributed by atoms with E-state index in [0.29, 0.717) is 17.4 Å². The third kappa shape index (κ3) is 1.97. The van der Waals surface area contributed by atoms with E-state index in [9.17, 15) is 5.26 Å². The van der Waals surface area contributed by atoms with Gasteiger partial charge in [0, 0.05) is 5.92 Å². The van der Waals surface area contributed by atoms with Crippen molar-refractivity contribution in [1.82, 2.24) is 9.97 Å². The molecule has 3 rings (SSSR count). The number of hydrogen-bond acceptors (Lipinski definition) is 4. The lowest BCUT2D eigenvalue weighted by atomic mass is 9.75. The Morgan fingerprint density at radius 3 is 2.79 bits per heavy atom. The van der Waals surface area contributed by atoms with Gasteiger partial charge in [0.1, 0.15) is 11.9 Å². The zero-order chi connectivity index (χ0) is 13.4. The number of nitrogens with one attached hydrogen (secondary N) is 1. The van der Waals surface area contributed by atoms with E-state index in [2.05, 4.69) is 16.0 Å². The number of aryl methyl sites for hydroxylation is 1. The summed E-state index contributed by atoms with van der Waals surface area (Å²) in [7, 11) is 0. The number of ether oxygens (including phenoxy) is 1. The summed E-state index contributed by atoms with van der Waals surface area (Å²) in [5.41, 5.74) is 7.38. The second-order valence-corrected chi connectivity index (χ2v) is 5.41. The summed E-state index contributed by atoms with van der Waals surface area (Å²) in [6.07, 6.45) is 6.02. The number of fused-ring (bicyclic) bond motifs is 1. The minimum absolute atomic E-state index is 0.0234. The highest BCUT2D eigenvalue weighted by Gasteiger charge is 2.37. The van der Waals surface area contributed by atoms with Crippen LogP contribution in [0.4, 0.5) is 0 Å². The number of imidazole rings is 1. The summed E-state index contributed by atoms with van der Waals surface area (Å²) in [5.74, 6) is 2.05. The van der Waals surface area contributed by atoms with Crippen molar-refractivity contribution in [2.24, 2.45) is 11.7 Å². The fraction of sp³-hybridized carbons (Fsp3) is 0.571. The molecule has 0 aromatic carbocycles. The Morgan fingerprint density at radius 2 is 2.11 bits per heavy atom. The molecule has 1 fully saturated rings. The van der Waals surface area contributed by atoms with Crippen LogP contribution in [0.5, 0.6) is 5.88 Å². The van der Waals surface area contributed by atoms with Crippen LogP contribution < -0.4 is 10.5 Å². The maximum atomic E-state index is 9.39. The Bertz CT molecular complexity index is 560. The van der Waals surface area contributed by atoms with Gasteiger partial charge in [-0.1, -0.05) is 19.3 Å². The highest BCUT2D eigenvalue weighted by atomic mass is 16.5. The molecule has 1 aliphatic carbocycles.